The molecule has 1 N–H and O–H groups in total. The number of thioether (sulfide) groups is 1. The van der Waals surface area contributed by atoms with E-state index in [1.54, 1.807) is 0 Å². The summed E-state index contributed by atoms with van der Waals surface area (Å²) in [6.07, 6.45) is 0.929. The Hall–Kier alpha value is -1.82. The van der Waals surface area contributed by atoms with Crippen LogP contribution in [0.2, 0.25) is 0 Å². The van der Waals surface area contributed by atoms with Crippen molar-refractivity contribution in [3.05, 3.63) is 30.3 Å². The summed E-state index contributed by atoms with van der Waals surface area (Å²) >= 11 is 1.20. The number of carbonyl (C=O) groups is 1. The van der Waals surface area contributed by atoms with Crippen LogP contribution in [0.3, 0.4) is 0 Å². The van der Waals surface area contributed by atoms with Gasteiger partial charge in [-0.2, -0.15) is 0 Å². The third-order valence-corrected chi connectivity index (χ3v) is 3.98. The molecule has 0 aliphatic heterocycles. The number of hydrogen-bond acceptors (Lipinski definition) is 4. The van der Waals surface area contributed by atoms with Crippen molar-refractivity contribution < 1.29 is 9.90 Å². The van der Waals surface area contributed by atoms with Crippen LogP contribution >= 0.6 is 11.8 Å². The van der Waals surface area contributed by atoms with Crippen molar-refractivity contribution in [2.75, 3.05) is 5.75 Å². The summed E-state index contributed by atoms with van der Waals surface area (Å²) in [5.74, 6) is -0.0774. The number of carboxylic acid groups (broad SMARTS) is 1. The average molecular weight is 291 g/mol. The Kier molecular flexibility index (Phi) is 4.79. The number of benzene rings is 1. The van der Waals surface area contributed by atoms with Gasteiger partial charge in [0.1, 0.15) is 0 Å². The molecule has 0 saturated carbocycles. The van der Waals surface area contributed by atoms with Gasteiger partial charge in [-0.05, 0) is 13.3 Å². The minimum absolute atomic E-state index is 0.0106. The summed E-state index contributed by atoms with van der Waals surface area (Å²) in [6.45, 7) is 4.17. The molecule has 0 fully saturated rings. The van der Waals surface area contributed by atoms with Crippen LogP contribution in [0.15, 0.2) is 35.5 Å². The minimum Gasteiger partial charge on any atom is -0.481 e. The molecule has 6 heteroatoms. The van der Waals surface area contributed by atoms with Gasteiger partial charge in [0.05, 0.1) is 5.75 Å². The first kappa shape index (κ1) is 14.6. The number of hydrogen-bond donors (Lipinski definition) is 1. The second-order valence-electron chi connectivity index (χ2n) is 4.48. The molecule has 1 atom stereocenters. The van der Waals surface area contributed by atoms with Gasteiger partial charge in [-0.3, -0.25) is 9.36 Å². The highest BCUT2D eigenvalue weighted by Crippen LogP contribution is 2.28. The molecule has 1 unspecified atom stereocenters. The molecule has 0 saturated heterocycles. The fraction of sp³-hybridized carbons (Fsp3) is 0.357. The maximum atomic E-state index is 10.7. The zero-order valence-corrected chi connectivity index (χ0v) is 12.3. The summed E-state index contributed by atoms with van der Waals surface area (Å²) < 4.78 is 2.02. The minimum atomic E-state index is -0.852. The van der Waals surface area contributed by atoms with Gasteiger partial charge in [-0.25, -0.2) is 0 Å². The highest BCUT2D eigenvalue weighted by Gasteiger charge is 2.18. The van der Waals surface area contributed by atoms with Gasteiger partial charge in [-0.15, -0.1) is 10.2 Å². The molecule has 0 aliphatic rings. The average Bonchev–Trinajstić information content (AvgIpc) is 2.89. The second kappa shape index (κ2) is 6.56. The predicted molar refractivity (Wildman–Crippen MR) is 78.8 cm³/mol. The van der Waals surface area contributed by atoms with E-state index in [-0.39, 0.29) is 11.8 Å². The van der Waals surface area contributed by atoms with Gasteiger partial charge in [0.25, 0.3) is 0 Å². The molecule has 1 aromatic carbocycles. The predicted octanol–water partition coefficient (Wildman–Crippen LogP) is 3.09. The Balaban J connectivity index is 2.40. The van der Waals surface area contributed by atoms with Crippen LogP contribution in [-0.2, 0) is 4.79 Å². The van der Waals surface area contributed by atoms with Crippen molar-refractivity contribution in [3.63, 3.8) is 0 Å². The lowest BCUT2D eigenvalue weighted by Crippen LogP contribution is -2.09. The van der Waals surface area contributed by atoms with Crippen LogP contribution in [0.1, 0.15) is 26.3 Å². The van der Waals surface area contributed by atoms with E-state index in [4.69, 9.17) is 5.11 Å². The van der Waals surface area contributed by atoms with Crippen LogP contribution in [-0.4, -0.2) is 31.6 Å². The standard InChI is InChI=1S/C14H17N3O2S/c1-3-10(2)17-13(11-7-5-4-6-8-11)15-16-14(17)20-9-12(18)19/h4-8,10H,3,9H2,1-2H3,(H,18,19). The van der Waals surface area contributed by atoms with Crippen molar-refractivity contribution in [3.8, 4) is 11.4 Å². The zero-order valence-electron chi connectivity index (χ0n) is 11.5. The molecule has 0 spiro atoms. The molecule has 0 aliphatic carbocycles. The van der Waals surface area contributed by atoms with Crippen molar-refractivity contribution in [1.29, 1.82) is 0 Å². The van der Waals surface area contributed by atoms with Gasteiger partial charge < -0.3 is 5.11 Å². The lowest BCUT2D eigenvalue weighted by atomic mass is 10.2. The molecule has 0 bridgehead atoms. The van der Waals surface area contributed by atoms with Gasteiger partial charge in [0.15, 0.2) is 11.0 Å². The van der Waals surface area contributed by atoms with Crippen LogP contribution in [0.25, 0.3) is 11.4 Å². The largest absolute Gasteiger partial charge is 0.481 e. The van der Waals surface area contributed by atoms with E-state index >= 15 is 0 Å². The van der Waals surface area contributed by atoms with Crippen LogP contribution < -0.4 is 0 Å². The summed E-state index contributed by atoms with van der Waals surface area (Å²) in [5.41, 5.74) is 0.988. The maximum Gasteiger partial charge on any atom is 0.313 e. The molecular formula is C14H17N3O2S. The van der Waals surface area contributed by atoms with Crippen LogP contribution in [0.5, 0.6) is 0 Å². The third-order valence-electron chi connectivity index (χ3n) is 3.05. The molecule has 2 rings (SSSR count). The second-order valence-corrected chi connectivity index (χ2v) is 5.42. The highest BCUT2D eigenvalue weighted by molar-refractivity contribution is 7.99. The number of carboxylic acids is 1. The third kappa shape index (κ3) is 3.19. The molecular weight excluding hydrogens is 274 g/mol. The van der Waals surface area contributed by atoms with E-state index < -0.39 is 5.97 Å². The normalized spacial score (nSPS) is 12.3. The van der Waals surface area contributed by atoms with Crippen molar-refractivity contribution in [2.45, 2.75) is 31.5 Å². The molecule has 5 nitrogen and oxygen atoms in total. The quantitative estimate of drug-likeness (QED) is 0.828. The zero-order chi connectivity index (χ0) is 14.5. The van der Waals surface area contributed by atoms with Gasteiger partial charge in [0, 0.05) is 11.6 Å². The monoisotopic (exact) mass is 291 g/mol. The molecule has 20 heavy (non-hydrogen) atoms. The molecule has 0 amide bonds. The maximum absolute atomic E-state index is 10.7. The van der Waals surface area contributed by atoms with E-state index in [9.17, 15) is 4.79 Å². The fourth-order valence-corrected chi connectivity index (χ4v) is 2.62. The SMILES string of the molecule is CCC(C)n1c(SCC(=O)O)nnc1-c1ccccc1. The van der Waals surface area contributed by atoms with E-state index in [2.05, 4.69) is 24.0 Å². The lowest BCUT2D eigenvalue weighted by Gasteiger charge is -2.16. The molecule has 0 radical (unpaired) electrons. The first-order valence-electron chi connectivity index (χ1n) is 6.48. The number of rotatable bonds is 6. The van der Waals surface area contributed by atoms with Crippen molar-refractivity contribution >= 4 is 17.7 Å². The molecule has 1 aromatic heterocycles. The Morgan fingerprint density at radius 3 is 2.65 bits per heavy atom. The van der Waals surface area contributed by atoms with Gasteiger partial charge in [-0.1, -0.05) is 49.0 Å². The Morgan fingerprint density at radius 1 is 1.35 bits per heavy atom. The van der Waals surface area contributed by atoms with Crippen LogP contribution in [0.4, 0.5) is 0 Å². The summed E-state index contributed by atoms with van der Waals surface area (Å²) in [4.78, 5) is 10.7. The highest BCUT2D eigenvalue weighted by atomic mass is 32.2. The number of nitrogens with zero attached hydrogens (tertiary/aromatic N) is 3. The van der Waals surface area contributed by atoms with Crippen molar-refractivity contribution in [2.24, 2.45) is 0 Å². The Bertz CT molecular complexity index is 583. The molecule has 2 aromatic rings. The topological polar surface area (TPSA) is 68.0 Å². The lowest BCUT2D eigenvalue weighted by molar-refractivity contribution is -0.133. The van der Waals surface area contributed by atoms with Crippen molar-refractivity contribution in [1.82, 2.24) is 14.8 Å². The van der Waals surface area contributed by atoms with Crippen LogP contribution in [0, 0.1) is 0 Å². The number of aromatic nitrogens is 3. The Morgan fingerprint density at radius 2 is 2.05 bits per heavy atom. The molecule has 1 heterocycles. The first-order chi connectivity index (χ1) is 9.63. The fourth-order valence-electron chi connectivity index (χ4n) is 1.87. The summed E-state index contributed by atoms with van der Waals surface area (Å²) in [7, 11) is 0. The smallest absolute Gasteiger partial charge is 0.313 e. The van der Waals surface area contributed by atoms with E-state index in [1.807, 2.05) is 34.9 Å². The van der Waals surface area contributed by atoms with E-state index in [0.29, 0.717) is 5.16 Å². The summed E-state index contributed by atoms with van der Waals surface area (Å²) in [6, 6.07) is 10.0. The van der Waals surface area contributed by atoms with E-state index in [1.165, 1.54) is 11.8 Å². The summed E-state index contributed by atoms with van der Waals surface area (Å²) in [5, 5.41) is 17.8. The molecule has 106 valence electrons. The van der Waals surface area contributed by atoms with Gasteiger partial charge in [0.2, 0.25) is 0 Å². The number of aliphatic carboxylic acids is 1. The van der Waals surface area contributed by atoms with Gasteiger partial charge >= 0.3 is 5.97 Å². The van der Waals surface area contributed by atoms with E-state index in [0.717, 1.165) is 17.8 Å². The first-order valence-corrected chi connectivity index (χ1v) is 7.47. The Labute approximate surface area is 122 Å².